The van der Waals surface area contributed by atoms with Gasteiger partial charge in [0.05, 0.1) is 23.7 Å². The maximum absolute atomic E-state index is 12.6. The van der Waals surface area contributed by atoms with Crippen molar-refractivity contribution < 1.29 is 9.90 Å². The number of hydrogen-bond acceptors (Lipinski definition) is 3. The second kappa shape index (κ2) is 4.97. The Labute approximate surface area is 111 Å². The monoisotopic (exact) mass is 256 g/mol. The minimum absolute atomic E-state index is 0.0270. The summed E-state index contributed by atoms with van der Waals surface area (Å²) in [5.41, 5.74) is 1.36. The van der Waals surface area contributed by atoms with Crippen LogP contribution in [0.2, 0.25) is 0 Å². The smallest absolute Gasteiger partial charge is 0.256 e. The highest BCUT2D eigenvalue weighted by atomic mass is 16.3. The first-order valence-corrected chi connectivity index (χ1v) is 6.57. The van der Waals surface area contributed by atoms with Crippen LogP contribution in [0.1, 0.15) is 23.2 Å². The second-order valence-corrected chi connectivity index (χ2v) is 4.86. The third kappa shape index (κ3) is 2.08. The lowest BCUT2D eigenvalue weighted by molar-refractivity contribution is 0.0679. The van der Waals surface area contributed by atoms with Crippen molar-refractivity contribution in [2.24, 2.45) is 0 Å². The Bertz CT molecular complexity index is 607. The van der Waals surface area contributed by atoms with Gasteiger partial charge in [0.1, 0.15) is 0 Å². The van der Waals surface area contributed by atoms with Crippen LogP contribution in [0.15, 0.2) is 36.5 Å². The Morgan fingerprint density at radius 1 is 1.37 bits per heavy atom. The highest BCUT2D eigenvalue weighted by Gasteiger charge is 2.29. The Morgan fingerprint density at radius 3 is 3.05 bits per heavy atom. The predicted octanol–water partition coefficient (Wildman–Crippen LogP) is 1.83. The summed E-state index contributed by atoms with van der Waals surface area (Å²) in [6, 6.07) is 9.40. The van der Waals surface area contributed by atoms with E-state index in [0.717, 1.165) is 23.7 Å². The summed E-state index contributed by atoms with van der Waals surface area (Å²) in [4.78, 5) is 18.7. The molecule has 3 rings (SSSR count). The molecular weight excluding hydrogens is 240 g/mol. The number of amides is 1. The van der Waals surface area contributed by atoms with Crippen molar-refractivity contribution in [2.75, 3.05) is 13.2 Å². The zero-order valence-electron chi connectivity index (χ0n) is 10.6. The number of para-hydroxylation sites is 1. The van der Waals surface area contributed by atoms with E-state index in [1.807, 2.05) is 30.3 Å². The van der Waals surface area contributed by atoms with Gasteiger partial charge < -0.3 is 10.0 Å². The van der Waals surface area contributed by atoms with Gasteiger partial charge in [0.2, 0.25) is 0 Å². The lowest BCUT2D eigenvalue weighted by Gasteiger charge is -2.23. The number of likely N-dealkylation sites (tertiary alicyclic amines) is 1. The Hall–Kier alpha value is -1.94. The molecule has 4 nitrogen and oxygen atoms in total. The summed E-state index contributed by atoms with van der Waals surface area (Å²) in [7, 11) is 0. The molecule has 1 aliphatic rings. The molecule has 98 valence electrons. The van der Waals surface area contributed by atoms with Gasteiger partial charge in [0.15, 0.2) is 0 Å². The second-order valence-electron chi connectivity index (χ2n) is 4.86. The van der Waals surface area contributed by atoms with Crippen LogP contribution < -0.4 is 0 Å². The van der Waals surface area contributed by atoms with Crippen LogP contribution in [0.4, 0.5) is 0 Å². The molecule has 1 aliphatic heterocycles. The normalized spacial score (nSPS) is 19.0. The average molecular weight is 256 g/mol. The fraction of sp³-hybridized carbons (Fsp3) is 0.333. The van der Waals surface area contributed by atoms with Gasteiger partial charge in [-0.15, -0.1) is 0 Å². The molecule has 2 aromatic rings. The van der Waals surface area contributed by atoms with Gasteiger partial charge in [0.25, 0.3) is 5.91 Å². The molecule has 0 spiro atoms. The van der Waals surface area contributed by atoms with Crippen LogP contribution >= 0.6 is 0 Å². The third-order valence-corrected chi connectivity index (χ3v) is 3.71. The summed E-state index contributed by atoms with van der Waals surface area (Å²) < 4.78 is 0. The molecule has 1 amide bonds. The average Bonchev–Trinajstić information content (AvgIpc) is 2.94. The molecule has 1 aromatic carbocycles. The zero-order valence-corrected chi connectivity index (χ0v) is 10.6. The number of nitrogens with zero attached hydrogens (tertiary/aromatic N) is 2. The highest BCUT2D eigenvalue weighted by molar-refractivity contribution is 6.05. The van der Waals surface area contributed by atoms with E-state index in [0.29, 0.717) is 12.1 Å². The standard InChI is InChI=1S/C15H16N2O2/c18-10-12-6-3-9-17(12)15(19)13-7-1-4-11-5-2-8-16-14(11)13/h1-2,4-5,7-8,12,18H,3,6,9-10H2/t12-/m0/s1. The number of carbonyl (C=O) groups is 1. The fourth-order valence-corrected chi connectivity index (χ4v) is 2.72. The number of aliphatic hydroxyl groups is 1. The van der Waals surface area contributed by atoms with E-state index < -0.39 is 0 Å². The van der Waals surface area contributed by atoms with Gasteiger partial charge >= 0.3 is 0 Å². The highest BCUT2D eigenvalue weighted by Crippen LogP contribution is 2.23. The summed E-state index contributed by atoms with van der Waals surface area (Å²) in [5.74, 6) is -0.0270. The number of hydrogen-bond donors (Lipinski definition) is 1. The molecule has 2 heterocycles. The molecule has 1 saturated heterocycles. The number of benzene rings is 1. The first kappa shape index (κ1) is 12.1. The van der Waals surface area contributed by atoms with Gasteiger partial charge in [-0.05, 0) is 25.0 Å². The Kier molecular flexibility index (Phi) is 3.17. The van der Waals surface area contributed by atoms with E-state index in [-0.39, 0.29) is 18.6 Å². The summed E-state index contributed by atoms with van der Waals surface area (Å²) in [5, 5.41) is 10.3. The van der Waals surface area contributed by atoms with Crippen molar-refractivity contribution in [3.8, 4) is 0 Å². The molecule has 0 aliphatic carbocycles. The molecule has 1 fully saturated rings. The van der Waals surface area contributed by atoms with Crippen molar-refractivity contribution in [1.29, 1.82) is 0 Å². The maximum Gasteiger partial charge on any atom is 0.256 e. The van der Waals surface area contributed by atoms with Crippen molar-refractivity contribution >= 4 is 16.8 Å². The van der Waals surface area contributed by atoms with Gasteiger partial charge in [0, 0.05) is 18.1 Å². The number of pyridine rings is 1. The van der Waals surface area contributed by atoms with Gasteiger partial charge in [-0.2, -0.15) is 0 Å². The molecule has 0 radical (unpaired) electrons. The molecular formula is C15H16N2O2. The number of fused-ring (bicyclic) bond motifs is 1. The van der Waals surface area contributed by atoms with E-state index in [9.17, 15) is 9.90 Å². The minimum atomic E-state index is -0.0496. The van der Waals surface area contributed by atoms with Crippen LogP contribution in [0.3, 0.4) is 0 Å². The Balaban J connectivity index is 2.02. The Morgan fingerprint density at radius 2 is 2.21 bits per heavy atom. The van der Waals surface area contributed by atoms with Crippen molar-refractivity contribution in [3.05, 3.63) is 42.1 Å². The molecule has 19 heavy (non-hydrogen) atoms. The lowest BCUT2D eigenvalue weighted by atomic mass is 10.1. The van der Waals surface area contributed by atoms with Crippen LogP contribution in [0, 0.1) is 0 Å². The van der Waals surface area contributed by atoms with E-state index in [1.54, 1.807) is 11.1 Å². The van der Waals surface area contributed by atoms with Crippen molar-refractivity contribution in [3.63, 3.8) is 0 Å². The lowest BCUT2D eigenvalue weighted by Crippen LogP contribution is -2.37. The van der Waals surface area contributed by atoms with Crippen LogP contribution in [0.5, 0.6) is 0 Å². The van der Waals surface area contributed by atoms with Crippen molar-refractivity contribution in [1.82, 2.24) is 9.88 Å². The predicted molar refractivity (Wildman–Crippen MR) is 72.9 cm³/mol. The summed E-state index contributed by atoms with van der Waals surface area (Å²) >= 11 is 0. The van der Waals surface area contributed by atoms with Crippen LogP contribution in [-0.4, -0.2) is 40.1 Å². The van der Waals surface area contributed by atoms with E-state index >= 15 is 0 Å². The van der Waals surface area contributed by atoms with Crippen LogP contribution in [-0.2, 0) is 0 Å². The number of aliphatic hydroxyl groups excluding tert-OH is 1. The maximum atomic E-state index is 12.6. The first-order valence-electron chi connectivity index (χ1n) is 6.57. The SMILES string of the molecule is O=C(c1cccc2cccnc12)N1CCC[C@H]1CO. The molecule has 1 N–H and O–H groups in total. The number of carbonyl (C=O) groups excluding carboxylic acids is 1. The van der Waals surface area contributed by atoms with Gasteiger partial charge in [-0.1, -0.05) is 18.2 Å². The largest absolute Gasteiger partial charge is 0.394 e. The molecule has 1 aromatic heterocycles. The van der Waals surface area contributed by atoms with E-state index in [1.165, 1.54) is 0 Å². The summed E-state index contributed by atoms with van der Waals surface area (Å²) in [6.45, 7) is 0.747. The summed E-state index contributed by atoms with van der Waals surface area (Å²) in [6.07, 6.45) is 3.53. The van der Waals surface area contributed by atoms with Crippen LogP contribution in [0.25, 0.3) is 10.9 Å². The molecule has 0 unspecified atom stereocenters. The third-order valence-electron chi connectivity index (χ3n) is 3.71. The van der Waals surface area contributed by atoms with E-state index in [4.69, 9.17) is 0 Å². The quantitative estimate of drug-likeness (QED) is 0.892. The van der Waals surface area contributed by atoms with Gasteiger partial charge in [-0.3, -0.25) is 9.78 Å². The molecule has 0 saturated carbocycles. The van der Waals surface area contributed by atoms with E-state index in [2.05, 4.69) is 4.98 Å². The molecule has 4 heteroatoms. The molecule has 1 atom stereocenters. The van der Waals surface area contributed by atoms with Gasteiger partial charge in [-0.25, -0.2) is 0 Å². The minimum Gasteiger partial charge on any atom is -0.394 e. The first-order chi connectivity index (χ1) is 9.31. The topological polar surface area (TPSA) is 53.4 Å². The van der Waals surface area contributed by atoms with Crippen molar-refractivity contribution in [2.45, 2.75) is 18.9 Å². The fourth-order valence-electron chi connectivity index (χ4n) is 2.72. The number of rotatable bonds is 2. The zero-order chi connectivity index (χ0) is 13.2. The number of aromatic nitrogens is 1. The molecule has 0 bridgehead atoms.